The first-order valence-corrected chi connectivity index (χ1v) is 5.49. The van der Waals surface area contributed by atoms with Gasteiger partial charge in [-0.2, -0.15) is 0 Å². The first-order valence-electron chi connectivity index (χ1n) is 5.49. The van der Waals surface area contributed by atoms with Crippen LogP contribution in [0.4, 0.5) is 0 Å². The van der Waals surface area contributed by atoms with Crippen molar-refractivity contribution in [2.24, 2.45) is 10.9 Å². The van der Waals surface area contributed by atoms with Gasteiger partial charge in [-0.1, -0.05) is 11.2 Å². The van der Waals surface area contributed by atoms with Gasteiger partial charge in [-0.25, -0.2) is 4.98 Å². The summed E-state index contributed by atoms with van der Waals surface area (Å²) < 4.78 is 11.0. The minimum atomic E-state index is -0.0255. The zero-order chi connectivity index (χ0) is 12.1. The van der Waals surface area contributed by atoms with Crippen LogP contribution in [0.15, 0.2) is 23.4 Å². The molecular formula is C11H15N3O3. The van der Waals surface area contributed by atoms with E-state index in [0.29, 0.717) is 24.8 Å². The van der Waals surface area contributed by atoms with Crippen LogP contribution in [0.2, 0.25) is 0 Å². The topological polar surface area (TPSA) is 90.0 Å². The van der Waals surface area contributed by atoms with Crippen molar-refractivity contribution in [2.75, 3.05) is 13.2 Å². The van der Waals surface area contributed by atoms with Crippen molar-refractivity contribution in [3.63, 3.8) is 0 Å². The zero-order valence-corrected chi connectivity index (χ0v) is 9.37. The van der Waals surface area contributed by atoms with Gasteiger partial charge in [0.05, 0.1) is 13.2 Å². The van der Waals surface area contributed by atoms with Crippen molar-refractivity contribution in [3.05, 3.63) is 23.9 Å². The lowest BCUT2D eigenvalue weighted by atomic mass is 10.1. The number of amidine groups is 1. The monoisotopic (exact) mass is 237 g/mol. The van der Waals surface area contributed by atoms with Gasteiger partial charge in [0, 0.05) is 18.9 Å². The van der Waals surface area contributed by atoms with Crippen molar-refractivity contribution < 1.29 is 14.7 Å². The molecule has 0 saturated carbocycles. The van der Waals surface area contributed by atoms with E-state index >= 15 is 0 Å². The van der Waals surface area contributed by atoms with E-state index in [4.69, 9.17) is 20.4 Å². The number of oxime groups is 1. The van der Waals surface area contributed by atoms with E-state index in [1.54, 1.807) is 18.2 Å². The molecule has 1 aromatic heterocycles. The zero-order valence-electron chi connectivity index (χ0n) is 9.37. The molecule has 0 atom stereocenters. The fourth-order valence-electron chi connectivity index (χ4n) is 1.64. The van der Waals surface area contributed by atoms with Crippen LogP contribution in [-0.4, -0.2) is 35.3 Å². The maximum Gasteiger partial charge on any atom is 0.214 e. The molecule has 17 heavy (non-hydrogen) atoms. The maximum atomic E-state index is 8.57. The van der Waals surface area contributed by atoms with Gasteiger partial charge in [0.25, 0.3) is 0 Å². The molecule has 1 saturated heterocycles. The number of nitrogens with zero attached hydrogens (tertiary/aromatic N) is 2. The van der Waals surface area contributed by atoms with Gasteiger partial charge in [-0.05, 0) is 6.07 Å². The molecule has 0 bridgehead atoms. The molecule has 0 aliphatic carbocycles. The quantitative estimate of drug-likeness (QED) is 0.350. The van der Waals surface area contributed by atoms with Crippen LogP contribution in [0.5, 0.6) is 5.88 Å². The molecule has 0 amide bonds. The molecule has 2 heterocycles. The second kappa shape index (κ2) is 5.49. The Morgan fingerprint density at radius 3 is 2.94 bits per heavy atom. The number of hydrogen-bond acceptors (Lipinski definition) is 5. The highest BCUT2D eigenvalue weighted by Crippen LogP contribution is 2.15. The van der Waals surface area contributed by atoms with E-state index in [1.807, 2.05) is 0 Å². The van der Waals surface area contributed by atoms with Crippen molar-refractivity contribution in [1.29, 1.82) is 0 Å². The lowest BCUT2D eigenvalue weighted by Crippen LogP contribution is -2.26. The maximum absolute atomic E-state index is 8.57. The molecule has 0 spiro atoms. The average molecular weight is 237 g/mol. The van der Waals surface area contributed by atoms with E-state index in [0.717, 1.165) is 12.8 Å². The van der Waals surface area contributed by atoms with Gasteiger partial charge in [0.2, 0.25) is 5.88 Å². The minimum Gasteiger partial charge on any atom is -0.474 e. The highest BCUT2D eigenvalue weighted by Gasteiger charge is 2.16. The Kier molecular flexibility index (Phi) is 3.77. The van der Waals surface area contributed by atoms with Gasteiger partial charge < -0.3 is 20.4 Å². The van der Waals surface area contributed by atoms with Gasteiger partial charge >= 0.3 is 0 Å². The van der Waals surface area contributed by atoms with E-state index in [1.165, 1.54) is 0 Å². The summed E-state index contributed by atoms with van der Waals surface area (Å²) in [5, 5.41) is 11.5. The summed E-state index contributed by atoms with van der Waals surface area (Å²) in [5.41, 5.74) is 5.86. The van der Waals surface area contributed by atoms with Crippen LogP contribution >= 0.6 is 0 Å². The highest BCUT2D eigenvalue weighted by molar-refractivity contribution is 5.95. The first-order chi connectivity index (χ1) is 8.29. The molecular weight excluding hydrogens is 222 g/mol. The molecule has 1 aromatic rings. The summed E-state index contributed by atoms with van der Waals surface area (Å²) in [5.74, 6) is 0.462. The molecule has 1 aliphatic heterocycles. The molecule has 2 rings (SSSR count). The predicted octanol–water partition coefficient (Wildman–Crippen LogP) is 0.734. The van der Waals surface area contributed by atoms with Gasteiger partial charge in [0.15, 0.2) is 5.84 Å². The standard InChI is InChI=1S/C11H15N3O3/c12-11(14-15)9-2-1-3-10(13-9)17-8-4-6-16-7-5-8/h1-3,8,15H,4-7H2,(H2,12,14). The van der Waals surface area contributed by atoms with Gasteiger partial charge in [-0.3, -0.25) is 0 Å². The smallest absolute Gasteiger partial charge is 0.214 e. The molecule has 6 heteroatoms. The Morgan fingerprint density at radius 2 is 2.24 bits per heavy atom. The van der Waals surface area contributed by atoms with Crippen molar-refractivity contribution in [3.8, 4) is 5.88 Å². The van der Waals surface area contributed by atoms with Crippen LogP contribution in [0.3, 0.4) is 0 Å². The van der Waals surface area contributed by atoms with Gasteiger partial charge in [-0.15, -0.1) is 0 Å². The number of hydrogen-bond donors (Lipinski definition) is 2. The fraction of sp³-hybridized carbons (Fsp3) is 0.455. The van der Waals surface area contributed by atoms with Crippen molar-refractivity contribution in [1.82, 2.24) is 4.98 Å². The SMILES string of the molecule is NC(=NO)c1cccc(OC2CCOCC2)n1. The Bertz CT molecular complexity index is 403. The Morgan fingerprint density at radius 1 is 1.47 bits per heavy atom. The van der Waals surface area contributed by atoms with Crippen LogP contribution < -0.4 is 10.5 Å². The molecule has 92 valence electrons. The van der Waals surface area contributed by atoms with E-state index in [-0.39, 0.29) is 11.9 Å². The van der Waals surface area contributed by atoms with Crippen LogP contribution in [0, 0.1) is 0 Å². The Hall–Kier alpha value is -1.82. The molecule has 3 N–H and O–H groups in total. The number of aromatic nitrogens is 1. The second-order valence-corrected chi connectivity index (χ2v) is 3.78. The summed E-state index contributed by atoms with van der Waals surface area (Å²) in [6.07, 6.45) is 1.84. The minimum absolute atomic E-state index is 0.0255. The highest BCUT2D eigenvalue weighted by atomic mass is 16.5. The molecule has 6 nitrogen and oxygen atoms in total. The normalized spacial score (nSPS) is 18.0. The van der Waals surface area contributed by atoms with Crippen molar-refractivity contribution in [2.45, 2.75) is 18.9 Å². The van der Waals surface area contributed by atoms with Crippen LogP contribution in [0.25, 0.3) is 0 Å². The molecule has 0 radical (unpaired) electrons. The summed E-state index contributed by atoms with van der Waals surface area (Å²) in [6.45, 7) is 1.43. The van der Waals surface area contributed by atoms with E-state index in [2.05, 4.69) is 10.1 Å². The Labute approximate surface area is 99.0 Å². The largest absolute Gasteiger partial charge is 0.474 e. The molecule has 1 fully saturated rings. The summed E-state index contributed by atoms with van der Waals surface area (Å²) in [7, 11) is 0. The molecule has 0 aromatic carbocycles. The summed E-state index contributed by atoms with van der Waals surface area (Å²) >= 11 is 0. The average Bonchev–Trinajstić information content (AvgIpc) is 2.39. The third kappa shape index (κ3) is 3.07. The third-order valence-corrected chi connectivity index (χ3v) is 2.55. The van der Waals surface area contributed by atoms with E-state index < -0.39 is 0 Å². The van der Waals surface area contributed by atoms with Crippen LogP contribution in [-0.2, 0) is 4.74 Å². The van der Waals surface area contributed by atoms with Crippen LogP contribution in [0.1, 0.15) is 18.5 Å². The number of ether oxygens (including phenoxy) is 2. The predicted molar refractivity (Wildman–Crippen MR) is 61.2 cm³/mol. The van der Waals surface area contributed by atoms with Crippen molar-refractivity contribution >= 4 is 5.84 Å². The third-order valence-electron chi connectivity index (χ3n) is 2.55. The second-order valence-electron chi connectivity index (χ2n) is 3.78. The lowest BCUT2D eigenvalue weighted by molar-refractivity contribution is 0.0237. The molecule has 1 aliphatic rings. The molecule has 0 unspecified atom stereocenters. The van der Waals surface area contributed by atoms with Gasteiger partial charge in [0.1, 0.15) is 11.8 Å². The first kappa shape index (κ1) is 11.7. The number of nitrogens with two attached hydrogens (primary N) is 1. The number of rotatable bonds is 3. The lowest BCUT2D eigenvalue weighted by Gasteiger charge is -2.22. The fourth-order valence-corrected chi connectivity index (χ4v) is 1.64. The van der Waals surface area contributed by atoms with E-state index in [9.17, 15) is 0 Å². The Balaban J connectivity index is 2.05. The summed E-state index contributed by atoms with van der Waals surface area (Å²) in [6, 6.07) is 5.17. The number of pyridine rings is 1. The summed E-state index contributed by atoms with van der Waals surface area (Å²) in [4.78, 5) is 4.16.